The minimum Gasteiger partial charge on any atom is -0.463 e. The van der Waals surface area contributed by atoms with Crippen LogP contribution in [0.3, 0.4) is 0 Å². The first kappa shape index (κ1) is 37.9. The molecule has 5 N–H and O–H groups in total. The minimum atomic E-state index is -1.55. The van der Waals surface area contributed by atoms with Gasteiger partial charge in [0.15, 0.2) is 0 Å². The molecular weight excluding hydrogens is 706 g/mol. The van der Waals surface area contributed by atoms with Crippen LogP contribution in [0.15, 0.2) is 60.9 Å². The van der Waals surface area contributed by atoms with Crippen molar-refractivity contribution in [3.8, 4) is 22.5 Å². The molecule has 280 valence electrons. The van der Waals surface area contributed by atoms with E-state index in [-0.39, 0.29) is 17.3 Å². The fraction of sp³-hybridized carbons (Fsp3) is 0.500. The van der Waals surface area contributed by atoms with Crippen molar-refractivity contribution >= 4 is 17.7 Å². The number of aliphatic hydroxyl groups excluding tert-OH is 5. The van der Waals surface area contributed by atoms with Crippen molar-refractivity contribution in [2.75, 3.05) is 13.2 Å². The van der Waals surface area contributed by atoms with E-state index >= 15 is 0 Å². The number of rotatable bonds is 12. The molecule has 2 saturated heterocycles. The van der Waals surface area contributed by atoms with Crippen LogP contribution in [0, 0.1) is 17.6 Å². The summed E-state index contributed by atoms with van der Waals surface area (Å²) in [4.78, 5) is 12.8. The molecule has 0 spiro atoms. The zero-order valence-electron chi connectivity index (χ0n) is 28.2. The molecule has 0 amide bonds. The first-order chi connectivity index (χ1) is 25.0. The molecule has 0 unspecified atom stereocenters. The lowest BCUT2D eigenvalue weighted by molar-refractivity contribution is -0.194. The second-order valence-electron chi connectivity index (χ2n) is 12.7. The molecule has 10 atom stereocenters. The molecule has 2 aromatic heterocycles. The average molecular weight is 747 g/mol. The van der Waals surface area contributed by atoms with Crippen LogP contribution in [-0.2, 0) is 19.0 Å². The van der Waals surface area contributed by atoms with E-state index in [1.54, 1.807) is 12.1 Å². The molecule has 0 bridgehead atoms. The average Bonchev–Trinajstić information content (AvgIpc) is 3.82. The van der Waals surface area contributed by atoms with Gasteiger partial charge in [-0.15, -0.1) is 10.2 Å². The zero-order valence-corrected chi connectivity index (χ0v) is 29.0. The predicted molar refractivity (Wildman–Crippen MR) is 180 cm³/mol. The van der Waals surface area contributed by atoms with E-state index in [1.165, 1.54) is 58.2 Å². The van der Waals surface area contributed by atoms with Crippen molar-refractivity contribution in [1.82, 2.24) is 30.0 Å². The van der Waals surface area contributed by atoms with Crippen molar-refractivity contribution < 1.29 is 53.3 Å². The van der Waals surface area contributed by atoms with E-state index in [2.05, 4.69) is 20.6 Å². The summed E-state index contributed by atoms with van der Waals surface area (Å²) in [6, 6.07) is 8.82. The SMILES string of the molecule is CCC(CC)C(=O)OC[C@H]1O[C@@H](S[C@@H]2O[C@H](CO)[C@H](O)[C@H](n3cc(-c4cccc(F)c4)nn3)[C@H]2O)[C@H](O)[C@@H](n2cc(-c3cccc(F)c3)nn2)[C@H]1O. The maximum absolute atomic E-state index is 14.0. The Balaban J connectivity index is 1.28. The number of hydrogen-bond donors (Lipinski definition) is 5. The smallest absolute Gasteiger partial charge is 0.309 e. The van der Waals surface area contributed by atoms with E-state index in [9.17, 15) is 39.1 Å². The predicted octanol–water partition coefficient (Wildman–Crippen LogP) is 1.86. The van der Waals surface area contributed by atoms with Gasteiger partial charge in [0.1, 0.15) is 89.2 Å². The number of hydrogen-bond acceptors (Lipinski definition) is 14. The lowest BCUT2D eigenvalue weighted by Crippen LogP contribution is -2.58. The number of esters is 1. The largest absolute Gasteiger partial charge is 0.463 e. The number of carbonyl (C=O) groups excluding carboxylic acids is 1. The maximum Gasteiger partial charge on any atom is 0.309 e. The van der Waals surface area contributed by atoms with Crippen molar-refractivity contribution in [1.29, 1.82) is 0 Å². The normalized spacial score (nSPS) is 29.3. The highest BCUT2D eigenvalue weighted by molar-refractivity contribution is 8.00. The van der Waals surface area contributed by atoms with Crippen LogP contribution in [0.4, 0.5) is 8.78 Å². The van der Waals surface area contributed by atoms with Gasteiger partial charge in [0.05, 0.1) is 24.9 Å². The summed E-state index contributed by atoms with van der Waals surface area (Å²) < 4.78 is 47.8. The highest BCUT2D eigenvalue weighted by Crippen LogP contribution is 2.42. The van der Waals surface area contributed by atoms with Crippen LogP contribution >= 0.6 is 11.8 Å². The third-order valence-electron chi connectivity index (χ3n) is 9.37. The fourth-order valence-electron chi connectivity index (χ4n) is 6.41. The van der Waals surface area contributed by atoms with Gasteiger partial charge >= 0.3 is 5.97 Å². The second kappa shape index (κ2) is 16.4. The number of carbonyl (C=O) groups is 1. The van der Waals surface area contributed by atoms with Gasteiger partial charge in [-0.3, -0.25) is 4.79 Å². The first-order valence-electron chi connectivity index (χ1n) is 16.8. The van der Waals surface area contributed by atoms with Gasteiger partial charge in [-0.1, -0.05) is 60.3 Å². The van der Waals surface area contributed by atoms with E-state index in [4.69, 9.17) is 14.2 Å². The number of halogens is 2. The Hall–Kier alpha value is -3.88. The van der Waals surface area contributed by atoms with Crippen LogP contribution in [-0.4, -0.2) is 122 Å². The van der Waals surface area contributed by atoms with Crippen LogP contribution < -0.4 is 0 Å². The van der Waals surface area contributed by atoms with Crippen LogP contribution in [0.1, 0.15) is 38.8 Å². The van der Waals surface area contributed by atoms with Gasteiger partial charge < -0.3 is 39.7 Å². The van der Waals surface area contributed by atoms with Gasteiger partial charge in [0.2, 0.25) is 0 Å². The van der Waals surface area contributed by atoms with Crippen LogP contribution in [0.5, 0.6) is 0 Å². The lowest BCUT2D eigenvalue weighted by atomic mass is 9.97. The number of nitrogens with zero attached hydrogens (tertiary/aromatic N) is 6. The Morgan fingerprint density at radius 3 is 1.75 bits per heavy atom. The monoisotopic (exact) mass is 746 g/mol. The molecule has 0 radical (unpaired) electrons. The van der Waals surface area contributed by atoms with E-state index in [0.29, 0.717) is 24.0 Å². The molecular formula is C34H40F2N6O9S. The Morgan fingerprint density at radius 2 is 1.29 bits per heavy atom. The van der Waals surface area contributed by atoms with Crippen LogP contribution in [0.2, 0.25) is 0 Å². The summed E-state index contributed by atoms with van der Waals surface area (Å²) in [5, 5.41) is 72.4. The topological polar surface area (TPSA) is 207 Å². The van der Waals surface area contributed by atoms with E-state index in [0.717, 1.165) is 11.8 Å². The number of aromatic nitrogens is 6. The van der Waals surface area contributed by atoms with Gasteiger partial charge in [-0.25, -0.2) is 18.1 Å². The Kier molecular flexibility index (Phi) is 12.0. The maximum atomic E-state index is 14.0. The highest BCUT2D eigenvalue weighted by atomic mass is 32.2. The first-order valence-corrected chi connectivity index (χ1v) is 17.8. The molecule has 2 aromatic carbocycles. The summed E-state index contributed by atoms with van der Waals surface area (Å²) in [6.45, 7) is 2.65. The Bertz CT molecular complexity index is 1810. The molecule has 2 aliphatic rings. The summed E-state index contributed by atoms with van der Waals surface area (Å²) in [5.74, 6) is -1.86. The molecule has 2 aliphatic heterocycles. The molecule has 0 saturated carbocycles. The van der Waals surface area contributed by atoms with E-state index in [1.807, 2.05) is 13.8 Å². The number of thioether (sulfide) groups is 1. The second-order valence-corrected chi connectivity index (χ2v) is 13.9. The van der Waals surface area contributed by atoms with Crippen molar-refractivity contribution in [2.24, 2.45) is 5.92 Å². The van der Waals surface area contributed by atoms with Gasteiger partial charge in [0.25, 0.3) is 0 Å². The summed E-state index contributed by atoms with van der Waals surface area (Å²) in [7, 11) is 0. The van der Waals surface area contributed by atoms with Gasteiger partial charge in [-0.2, -0.15) is 0 Å². The fourth-order valence-corrected chi connectivity index (χ4v) is 7.74. The summed E-state index contributed by atoms with van der Waals surface area (Å²) in [6.07, 6.45) is -4.56. The zero-order chi connectivity index (χ0) is 37.1. The summed E-state index contributed by atoms with van der Waals surface area (Å²) in [5.41, 5.74) is -1.23. The standard InChI is InChI=1S/C34H40F2N6O9S/c1-3-17(4-2)32(48)49-16-25-29(45)27(42-14-23(38-40-42)19-8-6-10-21(36)12-19)31(47)34(51-25)52-33-30(46)26(28(44)24(15-43)50-33)41-13-22(37-39-41)18-7-5-9-20(35)11-18/h5-14,17,24-31,33-34,43-47H,3-4,15-16H2,1-2H3/t24-,25-,26+,27+,28+,29+,30-,31-,33+,34+/m1/s1. The molecule has 18 heteroatoms. The van der Waals surface area contributed by atoms with Gasteiger partial charge in [0, 0.05) is 11.1 Å². The van der Waals surface area contributed by atoms with Crippen LogP contribution in [0.25, 0.3) is 22.5 Å². The minimum absolute atomic E-state index is 0.255. The Morgan fingerprint density at radius 1 is 0.808 bits per heavy atom. The van der Waals surface area contributed by atoms with Crippen molar-refractivity contribution in [3.05, 3.63) is 72.6 Å². The summed E-state index contributed by atoms with van der Waals surface area (Å²) >= 11 is 0.801. The lowest BCUT2D eigenvalue weighted by Gasteiger charge is -2.46. The molecule has 4 heterocycles. The number of aliphatic hydroxyl groups is 5. The Labute approximate surface area is 301 Å². The number of ether oxygens (including phenoxy) is 3. The van der Waals surface area contributed by atoms with Gasteiger partial charge in [-0.05, 0) is 37.1 Å². The third kappa shape index (κ3) is 7.89. The molecule has 0 aliphatic carbocycles. The molecule has 2 fully saturated rings. The van der Waals surface area contributed by atoms with Crippen molar-refractivity contribution in [3.63, 3.8) is 0 Å². The molecule has 6 rings (SSSR count). The van der Waals surface area contributed by atoms with Crippen molar-refractivity contribution in [2.45, 2.75) is 86.3 Å². The van der Waals surface area contributed by atoms with E-state index < -0.39 is 90.4 Å². The molecule has 52 heavy (non-hydrogen) atoms. The number of benzene rings is 2. The highest BCUT2D eigenvalue weighted by Gasteiger charge is 2.52. The quantitative estimate of drug-likeness (QED) is 0.131. The third-order valence-corrected chi connectivity index (χ3v) is 10.7. The molecule has 15 nitrogen and oxygen atoms in total. The molecule has 4 aromatic rings.